The molecule has 0 amide bonds. The van der Waals surface area contributed by atoms with E-state index in [-0.39, 0.29) is 0 Å². The van der Waals surface area contributed by atoms with E-state index in [2.05, 4.69) is 46.6 Å². The van der Waals surface area contributed by atoms with Crippen molar-refractivity contribution in [1.82, 2.24) is 4.90 Å². The minimum Gasteiger partial charge on any atom is -0.300 e. The van der Waals surface area contributed by atoms with Gasteiger partial charge in [0, 0.05) is 12.1 Å². The molecule has 0 aliphatic heterocycles. The van der Waals surface area contributed by atoms with Gasteiger partial charge in [0.25, 0.3) is 0 Å². The molecule has 19 heavy (non-hydrogen) atoms. The third-order valence-electron chi connectivity index (χ3n) is 6.95. The molecule has 0 aromatic rings. The quantitative estimate of drug-likeness (QED) is 0.666. The summed E-state index contributed by atoms with van der Waals surface area (Å²) in [5.74, 6) is 4.95. The van der Waals surface area contributed by atoms with Crippen molar-refractivity contribution >= 4 is 0 Å². The Hall–Kier alpha value is -0.0400. The normalized spacial score (nSPS) is 38.7. The van der Waals surface area contributed by atoms with Crippen LogP contribution in [0, 0.1) is 29.6 Å². The van der Waals surface area contributed by atoms with Crippen LogP contribution in [-0.2, 0) is 0 Å². The van der Waals surface area contributed by atoms with E-state index in [9.17, 15) is 0 Å². The second kappa shape index (κ2) is 6.16. The first kappa shape index (κ1) is 15.4. The van der Waals surface area contributed by atoms with E-state index in [1.54, 1.807) is 6.42 Å². The first-order chi connectivity index (χ1) is 8.99. The van der Waals surface area contributed by atoms with Gasteiger partial charge in [0.15, 0.2) is 0 Å². The minimum absolute atomic E-state index is 0.723. The van der Waals surface area contributed by atoms with Crippen LogP contribution in [0.4, 0.5) is 0 Å². The Kier molecular flexibility index (Phi) is 4.98. The van der Waals surface area contributed by atoms with Gasteiger partial charge in [0.05, 0.1) is 0 Å². The highest BCUT2D eigenvalue weighted by atomic mass is 15.2. The molecule has 0 aromatic heterocycles. The summed E-state index contributed by atoms with van der Waals surface area (Å²) in [4.78, 5) is 2.68. The summed E-state index contributed by atoms with van der Waals surface area (Å²) in [7, 11) is 2.37. The predicted octanol–water partition coefficient (Wildman–Crippen LogP) is 4.81. The molecule has 112 valence electrons. The lowest BCUT2D eigenvalue weighted by atomic mass is 9.77. The zero-order valence-electron chi connectivity index (χ0n) is 14.0. The highest BCUT2D eigenvalue weighted by Gasteiger charge is 2.47. The molecule has 0 heterocycles. The SMILES string of the molecule is CCC(C)C(C)N(C)C(C)C1CC2CC1CC2CC. The van der Waals surface area contributed by atoms with E-state index in [1.165, 1.54) is 25.7 Å². The number of nitrogens with zero attached hydrogens (tertiary/aromatic N) is 1. The fraction of sp³-hybridized carbons (Fsp3) is 1.00. The Morgan fingerprint density at radius 1 is 1.00 bits per heavy atom. The summed E-state index contributed by atoms with van der Waals surface area (Å²) in [6.45, 7) is 12.0. The van der Waals surface area contributed by atoms with E-state index in [0.29, 0.717) is 0 Å². The molecule has 0 spiro atoms. The van der Waals surface area contributed by atoms with Crippen molar-refractivity contribution in [2.24, 2.45) is 29.6 Å². The maximum absolute atomic E-state index is 2.68. The minimum atomic E-state index is 0.723. The number of hydrogen-bond acceptors (Lipinski definition) is 1. The van der Waals surface area contributed by atoms with Crippen molar-refractivity contribution in [3.63, 3.8) is 0 Å². The van der Waals surface area contributed by atoms with Gasteiger partial charge in [-0.25, -0.2) is 0 Å². The molecule has 0 aromatic carbocycles. The van der Waals surface area contributed by atoms with Crippen LogP contribution in [0.15, 0.2) is 0 Å². The van der Waals surface area contributed by atoms with Crippen LogP contribution in [0.5, 0.6) is 0 Å². The van der Waals surface area contributed by atoms with Crippen LogP contribution in [0.3, 0.4) is 0 Å². The van der Waals surface area contributed by atoms with E-state index in [0.717, 1.165) is 41.7 Å². The first-order valence-electron chi connectivity index (χ1n) is 8.71. The molecule has 2 aliphatic carbocycles. The van der Waals surface area contributed by atoms with Crippen LogP contribution < -0.4 is 0 Å². The fourth-order valence-electron chi connectivity index (χ4n) is 4.95. The lowest BCUT2D eigenvalue weighted by molar-refractivity contribution is 0.0779. The average molecular weight is 265 g/mol. The van der Waals surface area contributed by atoms with Crippen LogP contribution in [-0.4, -0.2) is 24.0 Å². The Bertz CT molecular complexity index is 287. The molecule has 2 rings (SSSR count). The van der Waals surface area contributed by atoms with Gasteiger partial charge in [0.1, 0.15) is 0 Å². The van der Waals surface area contributed by atoms with Gasteiger partial charge in [-0.2, -0.15) is 0 Å². The standard InChI is InChI=1S/C18H35N/c1-7-12(3)13(4)19(6)14(5)18-11-16-10-17(18)9-15(16)8-2/h12-18H,7-11H2,1-6H3. The largest absolute Gasteiger partial charge is 0.300 e. The summed E-state index contributed by atoms with van der Waals surface area (Å²) in [5, 5.41) is 0. The van der Waals surface area contributed by atoms with Crippen molar-refractivity contribution in [2.75, 3.05) is 7.05 Å². The van der Waals surface area contributed by atoms with E-state index in [1.807, 2.05) is 0 Å². The predicted molar refractivity (Wildman–Crippen MR) is 84.2 cm³/mol. The molecular weight excluding hydrogens is 230 g/mol. The molecule has 2 fully saturated rings. The summed E-state index contributed by atoms with van der Waals surface area (Å²) in [5.41, 5.74) is 0. The van der Waals surface area contributed by atoms with Crippen molar-refractivity contribution < 1.29 is 0 Å². The summed E-state index contributed by atoms with van der Waals surface area (Å²) in [6, 6.07) is 1.50. The molecule has 0 saturated heterocycles. The van der Waals surface area contributed by atoms with Gasteiger partial charge < -0.3 is 4.90 Å². The average Bonchev–Trinajstić information content (AvgIpc) is 3.03. The number of rotatable bonds is 6. The van der Waals surface area contributed by atoms with Gasteiger partial charge in [0.2, 0.25) is 0 Å². The molecular formula is C18H35N. The Labute approximate surface area is 121 Å². The summed E-state index contributed by atoms with van der Waals surface area (Å²) < 4.78 is 0. The van der Waals surface area contributed by atoms with Crippen LogP contribution in [0.2, 0.25) is 0 Å². The van der Waals surface area contributed by atoms with Crippen molar-refractivity contribution in [2.45, 2.75) is 78.8 Å². The van der Waals surface area contributed by atoms with Gasteiger partial charge >= 0.3 is 0 Å². The van der Waals surface area contributed by atoms with E-state index in [4.69, 9.17) is 0 Å². The second-order valence-corrected chi connectivity index (χ2v) is 7.59. The molecule has 1 heteroatoms. The number of hydrogen-bond donors (Lipinski definition) is 0. The monoisotopic (exact) mass is 265 g/mol. The van der Waals surface area contributed by atoms with Gasteiger partial charge in [-0.05, 0) is 69.7 Å². The van der Waals surface area contributed by atoms with E-state index < -0.39 is 0 Å². The molecule has 0 N–H and O–H groups in total. The van der Waals surface area contributed by atoms with Crippen molar-refractivity contribution in [1.29, 1.82) is 0 Å². The van der Waals surface area contributed by atoms with Gasteiger partial charge in [-0.15, -0.1) is 0 Å². The van der Waals surface area contributed by atoms with Gasteiger partial charge in [-0.1, -0.05) is 33.6 Å². The summed E-state index contributed by atoms with van der Waals surface area (Å²) in [6.07, 6.45) is 7.30. The Morgan fingerprint density at radius 3 is 2.16 bits per heavy atom. The zero-order chi connectivity index (χ0) is 14.2. The van der Waals surface area contributed by atoms with Crippen molar-refractivity contribution in [3.8, 4) is 0 Å². The molecule has 2 saturated carbocycles. The summed E-state index contributed by atoms with van der Waals surface area (Å²) >= 11 is 0. The highest BCUT2D eigenvalue weighted by molar-refractivity contribution is 4.98. The molecule has 0 radical (unpaired) electrons. The second-order valence-electron chi connectivity index (χ2n) is 7.59. The lowest BCUT2D eigenvalue weighted by Gasteiger charge is -2.41. The zero-order valence-corrected chi connectivity index (χ0v) is 14.0. The Morgan fingerprint density at radius 2 is 1.68 bits per heavy atom. The number of fused-ring (bicyclic) bond motifs is 2. The third kappa shape index (κ3) is 2.86. The third-order valence-corrected chi connectivity index (χ3v) is 6.95. The van der Waals surface area contributed by atoms with Crippen LogP contribution in [0.25, 0.3) is 0 Å². The maximum atomic E-state index is 2.68. The maximum Gasteiger partial charge on any atom is 0.00978 e. The highest BCUT2D eigenvalue weighted by Crippen LogP contribution is 2.54. The smallest absolute Gasteiger partial charge is 0.00978 e. The van der Waals surface area contributed by atoms with E-state index >= 15 is 0 Å². The molecule has 2 bridgehead atoms. The molecule has 1 nitrogen and oxygen atoms in total. The van der Waals surface area contributed by atoms with Crippen molar-refractivity contribution in [3.05, 3.63) is 0 Å². The molecule has 2 aliphatic rings. The molecule has 7 atom stereocenters. The van der Waals surface area contributed by atoms with Gasteiger partial charge in [-0.3, -0.25) is 0 Å². The molecule has 7 unspecified atom stereocenters. The van der Waals surface area contributed by atoms with Crippen LogP contribution in [0.1, 0.15) is 66.7 Å². The Balaban J connectivity index is 1.93. The lowest BCUT2D eigenvalue weighted by Crippen LogP contribution is -2.45. The van der Waals surface area contributed by atoms with Crippen LogP contribution >= 0.6 is 0 Å². The fourth-order valence-corrected chi connectivity index (χ4v) is 4.95. The topological polar surface area (TPSA) is 3.24 Å². The first-order valence-corrected chi connectivity index (χ1v) is 8.71.